The molecule has 0 spiro atoms. The van der Waals surface area contributed by atoms with E-state index < -0.39 is 5.97 Å². The minimum atomic E-state index is -0.659. The number of hydrogen-bond donors (Lipinski definition) is 1. The molecule has 0 rings (SSSR count). The van der Waals surface area contributed by atoms with Crippen molar-refractivity contribution >= 4 is 15.9 Å². The monoisotopic (exact) mass is 234 g/mol. The first-order valence-corrected chi connectivity index (χ1v) is 5.99. The molecule has 0 amide bonds. The van der Waals surface area contributed by atoms with Gasteiger partial charge in [-0.25, -0.2) is 0 Å². The zero-order valence-corrected chi connectivity index (χ0v) is 11.5. The number of carboxylic acids is 1. The standard InChI is InChI=1S/C12H24O2.H3P/c1-2-3-4-5-6-7-8-9-10-11-12(13)14;/h2-11H2,1H3,(H,13,14);1H3. The number of carbonyl (C=O) groups is 1. The molecule has 92 valence electrons. The molecule has 0 aromatic carbocycles. The van der Waals surface area contributed by atoms with Gasteiger partial charge in [-0.05, 0) is 6.42 Å². The van der Waals surface area contributed by atoms with Crippen molar-refractivity contribution in [1.82, 2.24) is 0 Å². The van der Waals surface area contributed by atoms with Gasteiger partial charge in [0.2, 0.25) is 0 Å². The highest BCUT2D eigenvalue weighted by Gasteiger charge is 1.96. The second-order valence-corrected chi connectivity index (χ2v) is 3.97. The fourth-order valence-electron chi connectivity index (χ4n) is 1.59. The molecule has 0 aromatic heterocycles. The first-order valence-electron chi connectivity index (χ1n) is 5.99. The normalized spacial score (nSPS) is 9.67. The molecule has 1 N–H and O–H groups in total. The van der Waals surface area contributed by atoms with Crippen molar-refractivity contribution < 1.29 is 9.90 Å². The Bertz CT molecular complexity index is 138. The second kappa shape index (κ2) is 13.9. The van der Waals surface area contributed by atoms with E-state index in [1.807, 2.05) is 0 Å². The maximum absolute atomic E-state index is 10.2. The van der Waals surface area contributed by atoms with E-state index >= 15 is 0 Å². The van der Waals surface area contributed by atoms with Gasteiger partial charge in [-0.2, -0.15) is 9.90 Å². The van der Waals surface area contributed by atoms with Crippen LogP contribution in [0.1, 0.15) is 71.1 Å². The Kier molecular flexibility index (Phi) is 16.0. The lowest BCUT2D eigenvalue weighted by Crippen LogP contribution is -1.93. The Balaban J connectivity index is 0. The van der Waals surface area contributed by atoms with Gasteiger partial charge < -0.3 is 5.11 Å². The van der Waals surface area contributed by atoms with Gasteiger partial charge in [0, 0.05) is 6.42 Å². The Labute approximate surface area is 97.5 Å². The van der Waals surface area contributed by atoms with Gasteiger partial charge in [-0.1, -0.05) is 58.3 Å². The van der Waals surface area contributed by atoms with Crippen molar-refractivity contribution in [2.45, 2.75) is 71.1 Å². The van der Waals surface area contributed by atoms with E-state index in [0.29, 0.717) is 6.42 Å². The van der Waals surface area contributed by atoms with Gasteiger partial charge in [-0.3, -0.25) is 4.79 Å². The summed E-state index contributed by atoms with van der Waals surface area (Å²) in [7, 11) is 0. The third kappa shape index (κ3) is 16.6. The van der Waals surface area contributed by atoms with Crippen LogP contribution in [-0.2, 0) is 4.79 Å². The Morgan fingerprint density at radius 3 is 1.67 bits per heavy atom. The van der Waals surface area contributed by atoms with Gasteiger partial charge in [0.15, 0.2) is 0 Å². The number of hydrogen-bond acceptors (Lipinski definition) is 1. The van der Waals surface area contributed by atoms with E-state index in [9.17, 15) is 4.79 Å². The third-order valence-corrected chi connectivity index (χ3v) is 2.49. The summed E-state index contributed by atoms with van der Waals surface area (Å²) in [6.45, 7) is 2.23. The van der Waals surface area contributed by atoms with Crippen molar-refractivity contribution in [1.29, 1.82) is 0 Å². The van der Waals surface area contributed by atoms with Crippen LogP contribution in [0.2, 0.25) is 0 Å². The van der Waals surface area contributed by atoms with Crippen molar-refractivity contribution in [3.05, 3.63) is 0 Å². The molecular weight excluding hydrogens is 207 g/mol. The molecule has 1 atom stereocenters. The maximum atomic E-state index is 10.2. The third-order valence-electron chi connectivity index (χ3n) is 2.49. The molecule has 0 aliphatic rings. The second-order valence-electron chi connectivity index (χ2n) is 3.97. The number of carboxylic acid groups (broad SMARTS) is 1. The first-order chi connectivity index (χ1) is 6.77. The van der Waals surface area contributed by atoms with Crippen LogP contribution in [0.4, 0.5) is 0 Å². The Hall–Kier alpha value is -0.100. The molecule has 0 aliphatic carbocycles. The summed E-state index contributed by atoms with van der Waals surface area (Å²) in [5.41, 5.74) is 0. The summed E-state index contributed by atoms with van der Waals surface area (Å²) in [6, 6.07) is 0. The van der Waals surface area contributed by atoms with Crippen LogP contribution in [0, 0.1) is 0 Å². The SMILES string of the molecule is CCCCCCCCCCCC(=O)O.P. The average Bonchev–Trinajstić information content (AvgIpc) is 2.15. The van der Waals surface area contributed by atoms with E-state index in [0.717, 1.165) is 12.8 Å². The number of rotatable bonds is 10. The highest BCUT2D eigenvalue weighted by molar-refractivity contribution is 6.92. The topological polar surface area (TPSA) is 37.3 Å². The molecular formula is C12H27O2P. The molecule has 0 aliphatic heterocycles. The van der Waals surface area contributed by atoms with E-state index in [1.54, 1.807) is 0 Å². The fraction of sp³-hybridized carbons (Fsp3) is 0.917. The van der Waals surface area contributed by atoms with Gasteiger partial charge in [0.1, 0.15) is 0 Å². The van der Waals surface area contributed by atoms with Gasteiger partial charge >= 0.3 is 5.97 Å². The van der Waals surface area contributed by atoms with Crippen LogP contribution in [0.15, 0.2) is 0 Å². The number of aliphatic carboxylic acids is 1. The predicted molar refractivity (Wildman–Crippen MR) is 70.6 cm³/mol. The maximum Gasteiger partial charge on any atom is 0.303 e. The molecule has 0 saturated carbocycles. The van der Waals surface area contributed by atoms with Crippen LogP contribution >= 0.6 is 9.90 Å². The minimum Gasteiger partial charge on any atom is -0.481 e. The van der Waals surface area contributed by atoms with Crippen molar-refractivity contribution in [3.63, 3.8) is 0 Å². The molecule has 3 heteroatoms. The summed E-state index contributed by atoms with van der Waals surface area (Å²) in [5, 5.41) is 8.41. The highest BCUT2D eigenvalue weighted by Crippen LogP contribution is 2.10. The van der Waals surface area contributed by atoms with E-state index in [1.165, 1.54) is 44.9 Å². The summed E-state index contributed by atoms with van der Waals surface area (Å²) in [6.07, 6.45) is 11.5. The van der Waals surface area contributed by atoms with Crippen LogP contribution in [0.3, 0.4) is 0 Å². The molecule has 0 saturated heterocycles. The van der Waals surface area contributed by atoms with E-state index in [2.05, 4.69) is 6.92 Å². The summed E-state index contributed by atoms with van der Waals surface area (Å²) < 4.78 is 0. The summed E-state index contributed by atoms with van der Waals surface area (Å²) in [4.78, 5) is 10.2. The molecule has 2 nitrogen and oxygen atoms in total. The Morgan fingerprint density at radius 2 is 1.27 bits per heavy atom. The zero-order valence-electron chi connectivity index (χ0n) is 10.1. The predicted octanol–water partition coefficient (Wildman–Crippen LogP) is 4.05. The molecule has 15 heavy (non-hydrogen) atoms. The van der Waals surface area contributed by atoms with Gasteiger partial charge in [0.05, 0.1) is 0 Å². The first kappa shape index (κ1) is 17.3. The summed E-state index contributed by atoms with van der Waals surface area (Å²) >= 11 is 0. The van der Waals surface area contributed by atoms with E-state index in [4.69, 9.17) is 5.11 Å². The minimum absolute atomic E-state index is 0. The van der Waals surface area contributed by atoms with Crippen molar-refractivity contribution in [2.75, 3.05) is 0 Å². The van der Waals surface area contributed by atoms with Gasteiger partial charge in [-0.15, -0.1) is 0 Å². The van der Waals surface area contributed by atoms with Crippen LogP contribution in [0.5, 0.6) is 0 Å². The quantitative estimate of drug-likeness (QED) is 0.457. The fourth-order valence-corrected chi connectivity index (χ4v) is 1.59. The molecule has 0 heterocycles. The lowest BCUT2D eigenvalue weighted by molar-refractivity contribution is -0.137. The molecule has 0 radical (unpaired) electrons. The van der Waals surface area contributed by atoms with Crippen molar-refractivity contribution in [3.8, 4) is 0 Å². The molecule has 1 unspecified atom stereocenters. The van der Waals surface area contributed by atoms with Crippen LogP contribution in [-0.4, -0.2) is 11.1 Å². The highest BCUT2D eigenvalue weighted by atomic mass is 31.0. The van der Waals surface area contributed by atoms with Crippen LogP contribution < -0.4 is 0 Å². The molecule has 0 bridgehead atoms. The van der Waals surface area contributed by atoms with Crippen molar-refractivity contribution in [2.24, 2.45) is 0 Å². The smallest absolute Gasteiger partial charge is 0.303 e. The lowest BCUT2D eigenvalue weighted by atomic mass is 10.1. The molecule has 0 aromatic rings. The summed E-state index contributed by atoms with van der Waals surface area (Å²) in [5.74, 6) is -0.659. The number of unbranched alkanes of at least 4 members (excludes halogenated alkanes) is 8. The van der Waals surface area contributed by atoms with Gasteiger partial charge in [0.25, 0.3) is 0 Å². The van der Waals surface area contributed by atoms with E-state index in [-0.39, 0.29) is 9.90 Å². The largest absolute Gasteiger partial charge is 0.481 e. The Morgan fingerprint density at radius 1 is 0.867 bits per heavy atom. The zero-order chi connectivity index (χ0) is 10.6. The average molecular weight is 234 g/mol. The molecule has 0 fully saturated rings. The lowest BCUT2D eigenvalue weighted by Gasteiger charge is -2.00. The van der Waals surface area contributed by atoms with Crippen LogP contribution in [0.25, 0.3) is 0 Å².